The lowest BCUT2D eigenvalue weighted by atomic mass is 9.88. The first kappa shape index (κ1) is 14.7. The smallest absolute Gasteiger partial charge is 0.150 e. The summed E-state index contributed by atoms with van der Waals surface area (Å²) in [6.45, 7) is 3.45. The topological polar surface area (TPSA) is 55.4 Å². The lowest BCUT2D eigenvalue weighted by Crippen LogP contribution is -2.38. The third-order valence-corrected chi connectivity index (χ3v) is 6.46. The van der Waals surface area contributed by atoms with E-state index >= 15 is 0 Å². The summed E-state index contributed by atoms with van der Waals surface area (Å²) in [5, 5.41) is 3.40. The van der Waals surface area contributed by atoms with E-state index in [4.69, 9.17) is 4.74 Å². The van der Waals surface area contributed by atoms with Gasteiger partial charge in [0.2, 0.25) is 0 Å². The van der Waals surface area contributed by atoms with Gasteiger partial charge in [-0.25, -0.2) is 8.42 Å². The van der Waals surface area contributed by atoms with Gasteiger partial charge in [0, 0.05) is 12.0 Å². The van der Waals surface area contributed by atoms with Gasteiger partial charge in [-0.3, -0.25) is 0 Å². The molecule has 0 spiro atoms. The first-order valence-corrected chi connectivity index (χ1v) is 9.49. The highest BCUT2D eigenvalue weighted by Crippen LogP contribution is 2.35. The van der Waals surface area contributed by atoms with Crippen LogP contribution in [-0.4, -0.2) is 33.1 Å². The monoisotopic (exact) mass is 309 g/mol. The highest BCUT2D eigenvalue weighted by atomic mass is 32.2. The number of hydrogen-bond donors (Lipinski definition) is 1. The highest BCUT2D eigenvalue weighted by molar-refractivity contribution is 7.91. The second kappa shape index (κ2) is 5.52. The number of fused-ring (bicyclic) bond motifs is 1. The molecule has 1 N–H and O–H groups in total. The van der Waals surface area contributed by atoms with Crippen molar-refractivity contribution >= 4 is 15.5 Å². The molecule has 1 atom stereocenters. The molecule has 116 valence electrons. The summed E-state index contributed by atoms with van der Waals surface area (Å²) in [6, 6.07) is 6.11. The van der Waals surface area contributed by atoms with Crippen molar-refractivity contribution in [3.63, 3.8) is 0 Å². The maximum atomic E-state index is 11.8. The van der Waals surface area contributed by atoms with Crippen LogP contribution < -0.4 is 10.1 Å². The molecule has 2 heterocycles. The fourth-order valence-corrected chi connectivity index (χ4v) is 5.38. The lowest BCUT2D eigenvalue weighted by Gasteiger charge is -2.33. The molecule has 1 aromatic carbocycles. The summed E-state index contributed by atoms with van der Waals surface area (Å²) in [5.74, 6) is 1.42. The Balaban J connectivity index is 1.73. The molecule has 1 unspecified atom stereocenters. The highest BCUT2D eigenvalue weighted by Gasteiger charge is 2.36. The van der Waals surface area contributed by atoms with Crippen molar-refractivity contribution in [1.82, 2.24) is 0 Å². The zero-order valence-corrected chi connectivity index (χ0v) is 13.3. The minimum absolute atomic E-state index is 0.239. The summed E-state index contributed by atoms with van der Waals surface area (Å²) in [4.78, 5) is 0. The molecule has 1 saturated heterocycles. The number of hydrogen-bond acceptors (Lipinski definition) is 4. The van der Waals surface area contributed by atoms with Crippen LogP contribution in [0.1, 0.15) is 31.7 Å². The molecule has 0 bridgehead atoms. The van der Waals surface area contributed by atoms with Crippen LogP contribution in [0, 0.1) is 5.41 Å². The van der Waals surface area contributed by atoms with E-state index in [0.717, 1.165) is 43.7 Å². The lowest BCUT2D eigenvalue weighted by molar-refractivity contribution is 0.167. The molecule has 1 aromatic rings. The molecular formula is C16H23NO3S. The second-order valence-electron chi connectivity index (χ2n) is 6.62. The third-order valence-electron chi connectivity index (χ3n) is 4.42. The third kappa shape index (κ3) is 3.34. The van der Waals surface area contributed by atoms with Gasteiger partial charge in [0.1, 0.15) is 5.75 Å². The van der Waals surface area contributed by atoms with E-state index < -0.39 is 9.84 Å². The van der Waals surface area contributed by atoms with Crippen LogP contribution in [0.5, 0.6) is 5.75 Å². The van der Waals surface area contributed by atoms with E-state index in [-0.39, 0.29) is 11.2 Å². The van der Waals surface area contributed by atoms with Crippen molar-refractivity contribution in [2.24, 2.45) is 5.41 Å². The standard InChI is InChI=1S/C16H23NO3S/c1-16(8-4-10-21(18,19)12-16)11-20-14-7-2-5-13-6-3-9-17-15(13)14/h2,5,7,17H,3-4,6,8-12H2,1H3. The first-order chi connectivity index (χ1) is 9.98. The number of aryl methyl sites for hydroxylation is 1. The minimum atomic E-state index is -2.91. The van der Waals surface area contributed by atoms with Crippen molar-refractivity contribution in [3.05, 3.63) is 23.8 Å². The molecule has 0 saturated carbocycles. The Morgan fingerprint density at radius 2 is 2.19 bits per heavy atom. The zero-order chi connectivity index (χ0) is 14.9. The van der Waals surface area contributed by atoms with Crippen molar-refractivity contribution in [1.29, 1.82) is 0 Å². The maximum absolute atomic E-state index is 11.8. The van der Waals surface area contributed by atoms with Crippen LogP contribution in [-0.2, 0) is 16.3 Å². The van der Waals surface area contributed by atoms with Crippen molar-refractivity contribution < 1.29 is 13.2 Å². The van der Waals surface area contributed by atoms with Crippen LogP contribution in [0.25, 0.3) is 0 Å². The normalized spacial score (nSPS) is 27.5. The van der Waals surface area contributed by atoms with Gasteiger partial charge in [-0.05, 0) is 37.3 Å². The molecule has 4 nitrogen and oxygen atoms in total. The quantitative estimate of drug-likeness (QED) is 0.932. The predicted octanol–water partition coefficient (Wildman–Crippen LogP) is 2.64. The summed E-state index contributed by atoms with van der Waals surface area (Å²) in [6.07, 6.45) is 3.87. The number of para-hydroxylation sites is 1. The van der Waals surface area contributed by atoms with Gasteiger partial charge in [-0.15, -0.1) is 0 Å². The van der Waals surface area contributed by atoms with Crippen LogP contribution >= 0.6 is 0 Å². The zero-order valence-electron chi connectivity index (χ0n) is 12.5. The Hall–Kier alpha value is -1.23. The van der Waals surface area contributed by atoms with Crippen molar-refractivity contribution in [2.75, 3.05) is 30.0 Å². The second-order valence-corrected chi connectivity index (χ2v) is 8.80. The molecule has 0 aliphatic carbocycles. The number of sulfone groups is 1. The van der Waals surface area contributed by atoms with E-state index in [1.807, 2.05) is 19.1 Å². The Morgan fingerprint density at radius 1 is 1.33 bits per heavy atom. The maximum Gasteiger partial charge on any atom is 0.150 e. The van der Waals surface area contributed by atoms with Gasteiger partial charge in [-0.1, -0.05) is 19.1 Å². The molecule has 1 fully saturated rings. The summed E-state index contributed by atoms with van der Waals surface area (Å²) >= 11 is 0. The van der Waals surface area contributed by atoms with E-state index in [2.05, 4.69) is 11.4 Å². The largest absolute Gasteiger partial charge is 0.491 e. The Labute approximate surface area is 126 Å². The summed E-state index contributed by atoms with van der Waals surface area (Å²) < 4.78 is 29.7. The van der Waals surface area contributed by atoms with Crippen molar-refractivity contribution in [3.8, 4) is 5.75 Å². The van der Waals surface area contributed by atoms with Crippen LogP contribution in [0.3, 0.4) is 0 Å². The fourth-order valence-electron chi connectivity index (χ4n) is 3.36. The van der Waals surface area contributed by atoms with Crippen molar-refractivity contribution in [2.45, 2.75) is 32.6 Å². The van der Waals surface area contributed by atoms with Gasteiger partial charge in [-0.2, -0.15) is 0 Å². The van der Waals surface area contributed by atoms with Gasteiger partial charge >= 0.3 is 0 Å². The number of nitrogens with one attached hydrogen (secondary N) is 1. The summed E-state index contributed by atoms with van der Waals surface area (Å²) in [7, 11) is -2.91. The molecule has 2 aliphatic rings. The van der Waals surface area contributed by atoms with E-state index in [1.54, 1.807) is 0 Å². The van der Waals surface area contributed by atoms with Crippen LogP contribution in [0.4, 0.5) is 5.69 Å². The SMILES string of the molecule is CC1(COc2cccc3c2NCCC3)CCCS(=O)(=O)C1. The average molecular weight is 309 g/mol. The molecule has 2 aliphatic heterocycles. The van der Waals surface area contributed by atoms with E-state index in [0.29, 0.717) is 12.4 Å². The molecule has 21 heavy (non-hydrogen) atoms. The average Bonchev–Trinajstić information content (AvgIpc) is 2.44. The number of ether oxygens (including phenoxy) is 1. The number of rotatable bonds is 3. The van der Waals surface area contributed by atoms with E-state index in [1.165, 1.54) is 5.56 Å². The molecule has 3 rings (SSSR count). The molecule has 0 amide bonds. The fraction of sp³-hybridized carbons (Fsp3) is 0.625. The van der Waals surface area contributed by atoms with Gasteiger partial charge < -0.3 is 10.1 Å². The Kier molecular flexibility index (Phi) is 3.86. The van der Waals surface area contributed by atoms with Gasteiger partial charge in [0.15, 0.2) is 9.84 Å². The van der Waals surface area contributed by atoms with Gasteiger partial charge in [0.25, 0.3) is 0 Å². The predicted molar refractivity (Wildman–Crippen MR) is 84.7 cm³/mol. The van der Waals surface area contributed by atoms with Crippen LogP contribution in [0.15, 0.2) is 18.2 Å². The minimum Gasteiger partial charge on any atom is -0.491 e. The molecule has 0 radical (unpaired) electrons. The Bertz CT molecular complexity index is 626. The first-order valence-electron chi connectivity index (χ1n) is 7.67. The van der Waals surface area contributed by atoms with Crippen LogP contribution in [0.2, 0.25) is 0 Å². The molecule has 5 heteroatoms. The van der Waals surface area contributed by atoms with Gasteiger partial charge in [0.05, 0.1) is 23.8 Å². The Morgan fingerprint density at radius 3 is 3.00 bits per heavy atom. The number of anilines is 1. The van der Waals surface area contributed by atoms with E-state index in [9.17, 15) is 8.42 Å². The molecule has 0 aromatic heterocycles. The number of benzene rings is 1. The molecular weight excluding hydrogens is 286 g/mol. The summed E-state index contributed by atoms with van der Waals surface area (Å²) in [5.41, 5.74) is 2.11.